The minimum Gasteiger partial charge on any atom is -0.396 e. The van der Waals surface area contributed by atoms with E-state index in [1.54, 1.807) is 0 Å². The topological polar surface area (TPSA) is 43.8 Å². The maximum absolute atomic E-state index is 5.89. The van der Waals surface area contributed by atoms with Crippen LogP contribution in [0.2, 0.25) is 0 Å². The number of halogens is 1. The Labute approximate surface area is 97.0 Å². The second-order valence-electron chi connectivity index (χ2n) is 3.45. The summed E-state index contributed by atoms with van der Waals surface area (Å²) in [5, 5.41) is 4.40. The van der Waals surface area contributed by atoms with Crippen LogP contribution in [0.25, 0.3) is 5.69 Å². The third-order valence-corrected chi connectivity index (χ3v) is 3.10. The summed E-state index contributed by atoms with van der Waals surface area (Å²) in [6.45, 7) is 3.88. The van der Waals surface area contributed by atoms with Gasteiger partial charge in [-0.2, -0.15) is 5.10 Å². The predicted octanol–water partition coefficient (Wildman–Crippen LogP) is 2.83. The number of anilines is 1. The first-order chi connectivity index (χ1) is 7.11. The van der Waals surface area contributed by atoms with Gasteiger partial charge in [0.1, 0.15) is 0 Å². The Balaban J connectivity index is 2.65. The van der Waals surface area contributed by atoms with Crippen LogP contribution in [0.4, 0.5) is 5.69 Å². The van der Waals surface area contributed by atoms with Gasteiger partial charge in [0.2, 0.25) is 0 Å². The van der Waals surface area contributed by atoms with Crippen LogP contribution in [0.5, 0.6) is 0 Å². The van der Waals surface area contributed by atoms with Crippen molar-refractivity contribution in [1.29, 1.82) is 0 Å². The number of hydrogen-bond acceptors (Lipinski definition) is 2. The largest absolute Gasteiger partial charge is 0.396 e. The Hall–Kier alpha value is -1.29. The molecule has 1 aromatic carbocycles. The molecule has 2 N–H and O–H groups in total. The van der Waals surface area contributed by atoms with Gasteiger partial charge in [-0.3, -0.25) is 0 Å². The van der Waals surface area contributed by atoms with E-state index in [0.29, 0.717) is 0 Å². The summed E-state index contributed by atoms with van der Waals surface area (Å²) in [4.78, 5) is 0. The zero-order valence-electron chi connectivity index (χ0n) is 8.66. The van der Waals surface area contributed by atoms with E-state index < -0.39 is 0 Å². The van der Waals surface area contributed by atoms with Gasteiger partial charge in [0.25, 0.3) is 0 Å². The summed E-state index contributed by atoms with van der Waals surface area (Å²) in [6, 6.07) is 7.94. The number of rotatable bonds is 1. The van der Waals surface area contributed by atoms with Crippen molar-refractivity contribution in [3.8, 4) is 5.69 Å². The lowest BCUT2D eigenvalue weighted by Crippen LogP contribution is -2.00. The van der Waals surface area contributed by atoms with Crippen LogP contribution in [0.15, 0.2) is 28.7 Å². The molecule has 0 aliphatic carbocycles. The van der Waals surface area contributed by atoms with Gasteiger partial charge < -0.3 is 5.73 Å². The molecule has 1 aromatic heterocycles. The molecule has 1 heterocycles. The molecule has 0 aliphatic rings. The monoisotopic (exact) mass is 265 g/mol. The van der Waals surface area contributed by atoms with Crippen LogP contribution in [0, 0.1) is 13.8 Å². The summed E-state index contributed by atoms with van der Waals surface area (Å²) < 4.78 is 2.87. The van der Waals surface area contributed by atoms with E-state index in [4.69, 9.17) is 5.73 Å². The minimum absolute atomic E-state index is 0.755. The molecule has 0 unspecified atom stereocenters. The molecule has 15 heavy (non-hydrogen) atoms. The molecule has 3 nitrogen and oxygen atoms in total. The van der Waals surface area contributed by atoms with Gasteiger partial charge in [-0.15, -0.1) is 0 Å². The Bertz CT molecular complexity index is 503. The highest BCUT2D eigenvalue weighted by Gasteiger charge is 2.11. The molecule has 0 aliphatic heterocycles. The van der Waals surface area contributed by atoms with E-state index in [-0.39, 0.29) is 0 Å². The van der Waals surface area contributed by atoms with E-state index >= 15 is 0 Å². The van der Waals surface area contributed by atoms with Crippen molar-refractivity contribution in [2.24, 2.45) is 0 Å². The first-order valence-corrected chi connectivity index (χ1v) is 5.47. The Kier molecular flexibility index (Phi) is 2.52. The molecule has 0 spiro atoms. The summed E-state index contributed by atoms with van der Waals surface area (Å²) in [5.74, 6) is 0. The van der Waals surface area contributed by atoms with Crippen molar-refractivity contribution in [3.63, 3.8) is 0 Å². The van der Waals surface area contributed by atoms with Crippen molar-refractivity contribution in [2.45, 2.75) is 13.8 Å². The van der Waals surface area contributed by atoms with Gasteiger partial charge in [0, 0.05) is 4.47 Å². The summed E-state index contributed by atoms with van der Waals surface area (Å²) in [6.07, 6.45) is 0. The van der Waals surface area contributed by atoms with Crippen LogP contribution in [0.3, 0.4) is 0 Å². The SMILES string of the molecule is Cc1nn(-c2ccccc2Br)c(C)c1N. The van der Waals surface area contributed by atoms with Crippen LogP contribution in [-0.2, 0) is 0 Å². The Morgan fingerprint density at radius 3 is 2.47 bits per heavy atom. The lowest BCUT2D eigenvalue weighted by atomic mass is 10.3. The maximum Gasteiger partial charge on any atom is 0.0830 e. The lowest BCUT2D eigenvalue weighted by molar-refractivity contribution is 0.830. The number of nitrogens with zero attached hydrogens (tertiary/aromatic N) is 2. The van der Waals surface area contributed by atoms with Gasteiger partial charge in [0.15, 0.2) is 0 Å². The van der Waals surface area contributed by atoms with Crippen molar-refractivity contribution in [3.05, 3.63) is 40.1 Å². The number of hydrogen-bond donors (Lipinski definition) is 1. The van der Waals surface area contributed by atoms with Gasteiger partial charge in [0.05, 0.1) is 22.8 Å². The van der Waals surface area contributed by atoms with Crippen LogP contribution < -0.4 is 5.73 Å². The molecular formula is C11H12BrN3. The predicted molar refractivity (Wildman–Crippen MR) is 65.2 cm³/mol. The molecule has 0 amide bonds. The third-order valence-electron chi connectivity index (χ3n) is 2.43. The van der Waals surface area contributed by atoms with Crippen LogP contribution in [0.1, 0.15) is 11.4 Å². The molecule has 0 bridgehead atoms. The zero-order valence-corrected chi connectivity index (χ0v) is 10.2. The summed E-state index contributed by atoms with van der Waals surface area (Å²) >= 11 is 3.50. The highest BCUT2D eigenvalue weighted by atomic mass is 79.9. The first kappa shape index (κ1) is 10.2. The zero-order chi connectivity index (χ0) is 11.0. The molecule has 2 rings (SSSR count). The van der Waals surface area contributed by atoms with Crippen LogP contribution in [-0.4, -0.2) is 9.78 Å². The number of aromatic nitrogens is 2. The van der Waals surface area contributed by atoms with E-state index in [1.807, 2.05) is 42.8 Å². The normalized spacial score (nSPS) is 10.6. The minimum atomic E-state index is 0.755. The van der Waals surface area contributed by atoms with Crippen LogP contribution >= 0.6 is 15.9 Å². The van der Waals surface area contributed by atoms with E-state index in [9.17, 15) is 0 Å². The maximum atomic E-state index is 5.89. The quantitative estimate of drug-likeness (QED) is 0.862. The number of benzene rings is 1. The average molecular weight is 266 g/mol. The molecule has 4 heteroatoms. The molecule has 0 radical (unpaired) electrons. The van der Waals surface area contributed by atoms with Gasteiger partial charge >= 0.3 is 0 Å². The van der Waals surface area contributed by atoms with Crippen molar-refractivity contribution in [2.75, 3.05) is 5.73 Å². The molecule has 2 aromatic rings. The van der Waals surface area contributed by atoms with Gasteiger partial charge in [-0.05, 0) is 41.9 Å². The standard InChI is InChI=1S/C11H12BrN3/c1-7-11(13)8(2)15(14-7)10-6-4-3-5-9(10)12/h3-6H,13H2,1-2H3. The molecule has 78 valence electrons. The number of para-hydroxylation sites is 1. The molecule has 0 atom stereocenters. The Morgan fingerprint density at radius 1 is 1.27 bits per heavy atom. The molecular weight excluding hydrogens is 254 g/mol. The smallest absolute Gasteiger partial charge is 0.0830 e. The summed E-state index contributed by atoms with van der Waals surface area (Å²) in [5.41, 5.74) is 9.49. The second kappa shape index (κ2) is 3.70. The fourth-order valence-electron chi connectivity index (χ4n) is 1.51. The van der Waals surface area contributed by atoms with E-state index in [1.165, 1.54) is 0 Å². The number of nitrogens with two attached hydrogens (primary N) is 1. The molecule has 0 saturated carbocycles. The highest BCUT2D eigenvalue weighted by molar-refractivity contribution is 9.10. The summed E-state index contributed by atoms with van der Waals surface area (Å²) in [7, 11) is 0. The van der Waals surface area contributed by atoms with Crippen molar-refractivity contribution >= 4 is 21.6 Å². The lowest BCUT2D eigenvalue weighted by Gasteiger charge is -2.06. The van der Waals surface area contributed by atoms with E-state index in [2.05, 4.69) is 21.0 Å². The third kappa shape index (κ3) is 1.65. The number of nitrogen functional groups attached to an aromatic ring is 1. The molecule has 0 fully saturated rings. The Morgan fingerprint density at radius 2 is 1.93 bits per heavy atom. The highest BCUT2D eigenvalue weighted by Crippen LogP contribution is 2.24. The van der Waals surface area contributed by atoms with Gasteiger partial charge in [-0.25, -0.2) is 4.68 Å². The van der Waals surface area contributed by atoms with Crippen molar-refractivity contribution < 1.29 is 0 Å². The fraction of sp³-hybridized carbons (Fsp3) is 0.182. The number of aryl methyl sites for hydroxylation is 1. The first-order valence-electron chi connectivity index (χ1n) is 4.68. The van der Waals surface area contributed by atoms with Gasteiger partial charge in [-0.1, -0.05) is 12.1 Å². The fourth-order valence-corrected chi connectivity index (χ4v) is 1.97. The molecule has 0 saturated heterocycles. The van der Waals surface area contributed by atoms with Crippen molar-refractivity contribution in [1.82, 2.24) is 9.78 Å². The van der Waals surface area contributed by atoms with E-state index in [0.717, 1.165) is 27.2 Å². The average Bonchev–Trinajstić information content (AvgIpc) is 2.47. The second-order valence-corrected chi connectivity index (χ2v) is 4.30.